The molecule has 1 aromatic heterocycles. The highest BCUT2D eigenvalue weighted by Gasteiger charge is 2.13. The predicted octanol–water partition coefficient (Wildman–Crippen LogP) is 1.10. The maximum absolute atomic E-state index is 4.30. The molecule has 1 aromatic rings. The van der Waals surface area contributed by atoms with Gasteiger partial charge in [0.25, 0.3) is 0 Å². The van der Waals surface area contributed by atoms with Gasteiger partial charge in [-0.05, 0) is 37.0 Å². The number of aromatic nitrogens is 1. The van der Waals surface area contributed by atoms with Gasteiger partial charge >= 0.3 is 0 Å². The maximum Gasteiger partial charge on any atom is 0.0547 e. The number of hydrogen-bond donors (Lipinski definition) is 1. The van der Waals surface area contributed by atoms with Crippen molar-refractivity contribution < 1.29 is 0 Å². The van der Waals surface area contributed by atoms with E-state index < -0.39 is 0 Å². The summed E-state index contributed by atoms with van der Waals surface area (Å²) in [5.74, 6) is 0. The maximum atomic E-state index is 4.30. The van der Waals surface area contributed by atoms with Crippen LogP contribution in [-0.2, 0) is 13.0 Å². The van der Waals surface area contributed by atoms with Crippen LogP contribution in [0.25, 0.3) is 0 Å². The lowest BCUT2D eigenvalue weighted by atomic mass is 10.1. The van der Waals surface area contributed by atoms with Crippen LogP contribution < -0.4 is 5.32 Å². The van der Waals surface area contributed by atoms with E-state index in [1.165, 1.54) is 16.1 Å². The molecular weight excluding hydrogens is 144 g/mol. The predicted molar refractivity (Wildman–Crippen MR) is 42.3 cm³/mol. The van der Waals surface area contributed by atoms with Gasteiger partial charge in [0.05, 0.1) is 5.69 Å². The van der Waals surface area contributed by atoms with Crippen LogP contribution in [0.2, 0.25) is 0 Å². The van der Waals surface area contributed by atoms with Crippen molar-refractivity contribution in [3.8, 4) is 0 Å². The summed E-state index contributed by atoms with van der Waals surface area (Å²) in [6.07, 6.45) is 1.16. The van der Waals surface area contributed by atoms with Crippen LogP contribution in [0.3, 0.4) is 0 Å². The Morgan fingerprint density at radius 2 is 2.50 bits per heavy atom. The first-order valence-corrected chi connectivity index (χ1v) is 4.30. The molecule has 1 aliphatic heterocycles. The first kappa shape index (κ1) is 6.31. The van der Waals surface area contributed by atoms with Gasteiger partial charge in [0, 0.05) is 11.4 Å². The molecule has 3 heteroatoms. The van der Waals surface area contributed by atoms with Crippen LogP contribution in [0.1, 0.15) is 16.1 Å². The van der Waals surface area contributed by atoms with Crippen molar-refractivity contribution >= 4 is 11.5 Å². The Morgan fingerprint density at radius 1 is 1.60 bits per heavy atom. The molecule has 0 fully saturated rings. The minimum absolute atomic E-state index is 1.03. The molecule has 54 valence electrons. The smallest absolute Gasteiger partial charge is 0.0547 e. The molecule has 0 amide bonds. The van der Waals surface area contributed by atoms with E-state index in [1.54, 1.807) is 11.5 Å². The molecule has 1 aliphatic rings. The molecule has 0 aliphatic carbocycles. The second-order valence-corrected chi connectivity index (χ2v) is 3.45. The lowest BCUT2D eigenvalue weighted by molar-refractivity contribution is 0.652. The van der Waals surface area contributed by atoms with Crippen molar-refractivity contribution in [1.29, 1.82) is 0 Å². The molecule has 2 nitrogen and oxygen atoms in total. The summed E-state index contributed by atoms with van der Waals surface area (Å²) in [5, 5.41) is 3.32. The van der Waals surface area contributed by atoms with E-state index in [1.807, 2.05) is 0 Å². The molecule has 0 bridgehead atoms. The van der Waals surface area contributed by atoms with Gasteiger partial charge in [0.2, 0.25) is 0 Å². The number of aryl methyl sites for hydroxylation is 1. The monoisotopic (exact) mass is 154 g/mol. The summed E-state index contributed by atoms with van der Waals surface area (Å²) in [6.45, 7) is 4.24. The van der Waals surface area contributed by atoms with Gasteiger partial charge in [-0.2, -0.15) is 4.37 Å². The standard InChI is InChI=1S/C7H10N2S/c1-5-6-2-3-8-4-7(6)10-9-5/h8H,2-4H2,1H3. The van der Waals surface area contributed by atoms with E-state index in [4.69, 9.17) is 0 Å². The van der Waals surface area contributed by atoms with Crippen molar-refractivity contribution in [2.24, 2.45) is 0 Å². The second-order valence-electron chi connectivity index (χ2n) is 2.60. The molecule has 0 radical (unpaired) electrons. The molecule has 0 aromatic carbocycles. The van der Waals surface area contributed by atoms with Crippen LogP contribution in [0.15, 0.2) is 0 Å². The number of rotatable bonds is 0. The molecule has 10 heavy (non-hydrogen) atoms. The first-order valence-electron chi connectivity index (χ1n) is 3.52. The quantitative estimate of drug-likeness (QED) is 0.605. The minimum atomic E-state index is 1.03. The van der Waals surface area contributed by atoms with E-state index in [2.05, 4.69) is 16.6 Å². The fourth-order valence-electron chi connectivity index (χ4n) is 1.31. The average molecular weight is 154 g/mol. The van der Waals surface area contributed by atoms with Gasteiger partial charge in [-0.15, -0.1) is 0 Å². The molecule has 0 unspecified atom stereocenters. The Kier molecular flexibility index (Phi) is 1.47. The Bertz CT molecular complexity index is 242. The number of hydrogen-bond acceptors (Lipinski definition) is 3. The Morgan fingerprint density at radius 3 is 3.30 bits per heavy atom. The Hall–Kier alpha value is -0.410. The zero-order chi connectivity index (χ0) is 6.97. The molecule has 2 rings (SSSR count). The van der Waals surface area contributed by atoms with E-state index in [0.717, 1.165) is 19.5 Å². The second kappa shape index (κ2) is 2.32. The minimum Gasteiger partial charge on any atom is -0.311 e. The van der Waals surface area contributed by atoms with Crippen LogP contribution in [0.4, 0.5) is 0 Å². The van der Waals surface area contributed by atoms with Crippen LogP contribution >= 0.6 is 11.5 Å². The van der Waals surface area contributed by atoms with Gasteiger partial charge in [-0.1, -0.05) is 0 Å². The fraction of sp³-hybridized carbons (Fsp3) is 0.571. The zero-order valence-electron chi connectivity index (χ0n) is 5.98. The summed E-state index contributed by atoms with van der Waals surface area (Å²) in [4.78, 5) is 1.43. The summed E-state index contributed by atoms with van der Waals surface area (Å²) < 4.78 is 4.30. The topological polar surface area (TPSA) is 24.9 Å². The van der Waals surface area contributed by atoms with Gasteiger partial charge in [0.1, 0.15) is 0 Å². The molecule has 0 spiro atoms. The first-order chi connectivity index (χ1) is 4.88. The van der Waals surface area contributed by atoms with Crippen molar-refractivity contribution in [2.75, 3.05) is 6.54 Å². The van der Waals surface area contributed by atoms with Crippen molar-refractivity contribution in [3.63, 3.8) is 0 Å². The average Bonchev–Trinajstić information content (AvgIpc) is 2.34. The number of nitrogens with zero attached hydrogens (tertiary/aromatic N) is 1. The highest BCUT2D eigenvalue weighted by Crippen LogP contribution is 2.20. The highest BCUT2D eigenvalue weighted by atomic mass is 32.1. The van der Waals surface area contributed by atoms with Crippen LogP contribution in [0, 0.1) is 6.92 Å². The zero-order valence-corrected chi connectivity index (χ0v) is 6.79. The molecule has 0 atom stereocenters. The van der Waals surface area contributed by atoms with E-state index >= 15 is 0 Å². The van der Waals surface area contributed by atoms with Gasteiger partial charge in [-0.3, -0.25) is 0 Å². The molecular formula is C7H10N2S. The SMILES string of the molecule is Cc1nsc2c1CCNC2. The van der Waals surface area contributed by atoms with Crippen molar-refractivity contribution in [3.05, 3.63) is 16.1 Å². The van der Waals surface area contributed by atoms with Gasteiger partial charge < -0.3 is 5.32 Å². The third-order valence-electron chi connectivity index (χ3n) is 1.90. The summed E-state index contributed by atoms with van der Waals surface area (Å²) in [5.41, 5.74) is 2.73. The third kappa shape index (κ3) is 0.859. The lowest BCUT2D eigenvalue weighted by Gasteiger charge is -2.11. The third-order valence-corrected chi connectivity index (χ3v) is 2.88. The fourth-order valence-corrected chi connectivity index (χ4v) is 2.19. The molecule has 2 heterocycles. The Labute approximate surface area is 64.4 Å². The van der Waals surface area contributed by atoms with Crippen LogP contribution in [0.5, 0.6) is 0 Å². The highest BCUT2D eigenvalue weighted by molar-refractivity contribution is 7.06. The molecule has 1 N–H and O–H groups in total. The summed E-state index contributed by atoms with van der Waals surface area (Å²) in [7, 11) is 0. The molecule has 0 saturated carbocycles. The van der Waals surface area contributed by atoms with Crippen molar-refractivity contribution in [2.45, 2.75) is 19.9 Å². The van der Waals surface area contributed by atoms with E-state index in [0.29, 0.717) is 0 Å². The lowest BCUT2D eigenvalue weighted by Crippen LogP contribution is -2.22. The molecule has 0 saturated heterocycles. The van der Waals surface area contributed by atoms with Crippen molar-refractivity contribution in [1.82, 2.24) is 9.69 Å². The largest absolute Gasteiger partial charge is 0.311 e. The van der Waals surface area contributed by atoms with Gasteiger partial charge in [0.15, 0.2) is 0 Å². The van der Waals surface area contributed by atoms with Gasteiger partial charge in [-0.25, -0.2) is 0 Å². The normalized spacial score (nSPS) is 16.9. The number of fused-ring (bicyclic) bond motifs is 1. The number of nitrogens with one attached hydrogen (secondary N) is 1. The van der Waals surface area contributed by atoms with E-state index in [-0.39, 0.29) is 0 Å². The summed E-state index contributed by atoms with van der Waals surface area (Å²) in [6, 6.07) is 0. The van der Waals surface area contributed by atoms with Crippen LogP contribution in [-0.4, -0.2) is 10.9 Å². The Balaban J connectivity index is 2.45. The van der Waals surface area contributed by atoms with E-state index in [9.17, 15) is 0 Å². The summed E-state index contributed by atoms with van der Waals surface area (Å²) >= 11 is 1.64.